The predicted molar refractivity (Wildman–Crippen MR) is 145 cm³/mol. The van der Waals surface area contributed by atoms with Gasteiger partial charge in [-0.2, -0.15) is 4.72 Å². The lowest BCUT2D eigenvalue weighted by Crippen LogP contribution is -2.57. The first kappa shape index (κ1) is 27.9. The molecule has 1 aliphatic rings. The van der Waals surface area contributed by atoms with Gasteiger partial charge in [0.15, 0.2) is 0 Å². The van der Waals surface area contributed by atoms with Gasteiger partial charge >= 0.3 is 5.97 Å². The molecule has 3 aromatic carbocycles. The molecular weight excluding hydrogens is 524 g/mol. The molecule has 12 heteroatoms. The van der Waals surface area contributed by atoms with Crippen molar-refractivity contribution in [2.24, 2.45) is 5.73 Å². The summed E-state index contributed by atoms with van der Waals surface area (Å²) < 4.78 is 39.9. The summed E-state index contributed by atoms with van der Waals surface area (Å²) >= 11 is 0. The van der Waals surface area contributed by atoms with Crippen molar-refractivity contribution in [3.63, 3.8) is 0 Å². The summed E-state index contributed by atoms with van der Waals surface area (Å²) in [5, 5.41) is 18.7. The van der Waals surface area contributed by atoms with Crippen molar-refractivity contribution in [2.75, 3.05) is 20.8 Å². The van der Waals surface area contributed by atoms with Crippen molar-refractivity contribution in [3.05, 3.63) is 65.7 Å². The lowest BCUT2D eigenvalue weighted by Gasteiger charge is -2.36. The third kappa shape index (κ3) is 5.96. The number of nitrogens with zero attached hydrogens (tertiary/aromatic N) is 1. The highest BCUT2D eigenvalue weighted by atomic mass is 32.2. The Hall–Kier alpha value is -4.16. The molecule has 0 aromatic heterocycles. The zero-order chi connectivity index (χ0) is 28.3. The standard InChI is InChI=1S/C27H30N4O7S/c1-37-19-10-9-18-13-20(15-24(38-2)21(18)14-19)39(35,36)30-22-4-3-11-31(26(22)32)23(27(33)34)12-16-5-7-17(8-6-16)25(28)29/h5-10,13-15,22-23,30H,3-4,11-12H2,1-2H3,(H3,28,29)(H,33,34). The Morgan fingerprint density at radius 1 is 1.15 bits per heavy atom. The smallest absolute Gasteiger partial charge is 0.326 e. The average Bonchev–Trinajstić information content (AvgIpc) is 2.92. The molecule has 5 N–H and O–H groups in total. The molecule has 0 saturated carbocycles. The van der Waals surface area contributed by atoms with Gasteiger partial charge in [-0.05, 0) is 42.0 Å². The number of nitrogens with two attached hydrogens (primary N) is 1. The van der Waals surface area contributed by atoms with Gasteiger partial charge in [-0.25, -0.2) is 13.2 Å². The number of hydrogen-bond acceptors (Lipinski definition) is 7. The van der Waals surface area contributed by atoms with E-state index in [1.807, 2.05) is 0 Å². The molecular formula is C27H30N4O7S. The van der Waals surface area contributed by atoms with Gasteiger partial charge in [0.05, 0.1) is 19.1 Å². The lowest BCUT2D eigenvalue weighted by molar-refractivity contribution is -0.152. The number of likely N-dealkylation sites (tertiary alicyclic amines) is 1. The summed E-state index contributed by atoms with van der Waals surface area (Å²) in [5.41, 5.74) is 6.62. The number of piperidine rings is 1. The first-order valence-corrected chi connectivity index (χ1v) is 13.7. The maximum atomic E-state index is 13.4. The van der Waals surface area contributed by atoms with Crippen molar-refractivity contribution in [1.82, 2.24) is 9.62 Å². The van der Waals surface area contributed by atoms with Crippen LogP contribution in [-0.2, 0) is 26.0 Å². The Labute approximate surface area is 226 Å². The molecule has 3 aromatic rings. The van der Waals surface area contributed by atoms with Crippen LogP contribution in [0.1, 0.15) is 24.0 Å². The molecule has 11 nitrogen and oxygen atoms in total. The zero-order valence-corrected chi connectivity index (χ0v) is 22.3. The van der Waals surface area contributed by atoms with Gasteiger partial charge in [0.25, 0.3) is 0 Å². The monoisotopic (exact) mass is 554 g/mol. The highest BCUT2D eigenvalue weighted by molar-refractivity contribution is 7.89. The van der Waals surface area contributed by atoms with E-state index in [0.717, 1.165) is 0 Å². The minimum atomic E-state index is -4.16. The Morgan fingerprint density at radius 3 is 2.49 bits per heavy atom. The highest BCUT2D eigenvalue weighted by Crippen LogP contribution is 2.32. The first-order chi connectivity index (χ1) is 18.5. The van der Waals surface area contributed by atoms with Crippen LogP contribution < -0.4 is 19.9 Å². The summed E-state index contributed by atoms with van der Waals surface area (Å²) in [7, 11) is -1.20. The molecule has 1 saturated heterocycles. The number of ether oxygens (including phenoxy) is 2. The quantitative estimate of drug-likeness (QED) is 0.218. The number of nitrogens with one attached hydrogen (secondary N) is 2. The summed E-state index contributed by atoms with van der Waals surface area (Å²) in [6.07, 6.45) is 0.674. The van der Waals surface area contributed by atoms with Crippen LogP contribution in [0.3, 0.4) is 0 Å². The number of amidine groups is 1. The van der Waals surface area contributed by atoms with Gasteiger partial charge in [0.1, 0.15) is 29.4 Å². The molecule has 2 atom stereocenters. The fourth-order valence-electron chi connectivity index (χ4n) is 4.68. The first-order valence-electron chi connectivity index (χ1n) is 12.2. The summed E-state index contributed by atoms with van der Waals surface area (Å²) in [5.74, 6) is -0.996. The number of methoxy groups -OCH3 is 2. The van der Waals surface area contributed by atoms with E-state index in [2.05, 4.69) is 4.72 Å². The van der Waals surface area contributed by atoms with Crippen LogP contribution in [0.5, 0.6) is 11.5 Å². The fraction of sp³-hybridized carbons (Fsp3) is 0.296. The number of amides is 1. The van der Waals surface area contributed by atoms with Crippen LogP contribution in [0.4, 0.5) is 0 Å². The second-order valence-corrected chi connectivity index (χ2v) is 10.9. The van der Waals surface area contributed by atoms with Gasteiger partial charge in [-0.1, -0.05) is 30.3 Å². The van der Waals surface area contributed by atoms with Crippen LogP contribution in [0.2, 0.25) is 0 Å². The molecule has 1 amide bonds. The van der Waals surface area contributed by atoms with Gasteiger partial charge < -0.3 is 25.2 Å². The van der Waals surface area contributed by atoms with Gasteiger partial charge in [-0.15, -0.1) is 0 Å². The largest absolute Gasteiger partial charge is 0.497 e. The Balaban J connectivity index is 1.57. The van der Waals surface area contributed by atoms with Crippen molar-refractivity contribution < 1.29 is 32.6 Å². The molecule has 0 bridgehead atoms. The summed E-state index contributed by atoms with van der Waals surface area (Å²) in [4.78, 5) is 26.7. The number of carbonyl (C=O) groups is 2. The Morgan fingerprint density at radius 2 is 1.87 bits per heavy atom. The maximum absolute atomic E-state index is 13.4. The van der Waals surface area contributed by atoms with Gasteiger partial charge in [-0.3, -0.25) is 10.2 Å². The average molecular weight is 555 g/mol. The molecule has 1 heterocycles. The topological polar surface area (TPSA) is 172 Å². The van der Waals surface area contributed by atoms with E-state index in [4.69, 9.17) is 20.6 Å². The third-order valence-corrected chi connectivity index (χ3v) is 8.20. The number of aliphatic carboxylic acids is 1. The van der Waals surface area contributed by atoms with Crippen LogP contribution in [0, 0.1) is 5.41 Å². The van der Waals surface area contributed by atoms with E-state index < -0.39 is 34.0 Å². The second-order valence-electron chi connectivity index (χ2n) is 9.23. The van der Waals surface area contributed by atoms with E-state index >= 15 is 0 Å². The lowest BCUT2D eigenvalue weighted by atomic mass is 9.98. The van der Waals surface area contributed by atoms with E-state index in [1.54, 1.807) is 42.5 Å². The van der Waals surface area contributed by atoms with Crippen LogP contribution in [0.15, 0.2) is 59.5 Å². The number of hydrogen-bond donors (Lipinski definition) is 4. The number of carboxylic acids is 1. The van der Waals surface area contributed by atoms with Crippen LogP contribution >= 0.6 is 0 Å². The fourth-order valence-corrected chi connectivity index (χ4v) is 5.95. The van der Waals surface area contributed by atoms with Crippen LogP contribution in [-0.4, -0.2) is 69.0 Å². The second kappa shape index (κ2) is 11.3. The number of fused-ring (bicyclic) bond motifs is 1. The number of carbonyl (C=O) groups excluding carboxylic acids is 1. The summed E-state index contributed by atoms with van der Waals surface area (Å²) in [6.45, 7) is 0.186. The number of rotatable bonds is 10. The molecule has 1 aliphatic heterocycles. The Kier molecular flexibility index (Phi) is 8.07. The summed E-state index contributed by atoms with van der Waals surface area (Å²) in [6, 6.07) is 12.2. The molecule has 206 valence electrons. The molecule has 0 radical (unpaired) electrons. The number of carboxylic acid groups (broad SMARTS) is 1. The number of nitrogen functional groups attached to an aromatic ring is 1. The zero-order valence-electron chi connectivity index (χ0n) is 21.5. The highest BCUT2D eigenvalue weighted by Gasteiger charge is 2.38. The van der Waals surface area contributed by atoms with E-state index in [0.29, 0.717) is 39.8 Å². The molecule has 0 aliphatic carbocycles. The predicted octanol–water partition coefficient (Wildman–Crippen LogP) is 2.11. The molecule has 2 unspecified atom stereocenters. The minimum absolute atomic E-state index is 0.0179. The number of benzene rings is 3. The van der Waals surface area contributed by atoms with Gasteiger partial charge in [0, 0.05) is 30.0 Å². The molecule has 39 heavy (non-hydrogen) atoms. The maximum Gasteiger partial charge on any atom is 0.326 e. The van der Waals surface area contributed by atoms with Crippen molar-refractivity contribution in [1.29, 1.82) is 5.41 Å². The van der Waals surface area contributed by atoms with Gasteiger partial charge in [0.2, 0.25) is 15.9 Å². The van der Waals surface area contributed by atoms with Crippen molar-refractivity contribution in [3.8, 4) is 11.5 Å². The van der Waals surface area contributed by atoms with E-state index in [9.17, 15) is 23.1 Å². The van der Waals surface area contributed by atoms with Crippen molar-refractivity contribution >= 4 is 38.5 Å². The minimum Gasteiger partial charge on any atom is -0.497 e. The molecule has 0 spiro atoms. The van der Waals surface area contributed by atoms with E-state index in [1.165, 1.54) is 31.3 Å². The third-order valence-electron chi connectivity index (χ3n) is 6.75. The molecule has 1 fully saturated rings. The molecule has 4 rings (SSSR count). The SMILES string of the molecule is COc1ccc2cc(S(=O)(=O)NC3CCCN(C(Cc4ccc(C(=N)N)cc4)C(=O)O)C3=O)cc(OC)c2c1. The normalized spacial score (nSPS) is 16.6. The van der Waals surface area contributed by atoms with E-state index in [-0.39, 0.29) is 30.1 Å². The Bertz CT molecular complexity index is 1520. The van der Waals surface area contributed by atoms with Crippen LogP contribution in [0.25, 0.3) is 10.8 Å². The van der Waals surface area contributed by atoms with Crippen molar-refractivity contribution in [2.45, 2.75) is 36.2 Å². The number of sulfonamides is 1.